The maximum atomic E-state index is 13.4. The molecule has 10 heteroatoms. The second kappa shape index (κ2) is 9.08. The molecule has 0 bridgehead atoms. The van der Waals surface area contributed by atoms with Gasteiger partial charge in [-0.1, -0.05) is 0 Å². The first kappa shape index (κ1) is 23.7. The van der Waals surface area contributed by atoms with E-state index in [4.69, 9.17) is 14.2 Å². The fourth-order valence-electron chi connectivity index (χ4n) is 4.57. The van der Waals surface area contributed by atoms with Gasteiger partial charge in [0.15, 0.2) is 11.5 Å². The van der Waals surface area contributed by atoms with Gasteiger partial charge in [0, 0.05) is 37.3 Å². The molecule has 1 atom stereocenters. The molecule has 2 aliphatic rings. The van der Waals surface area contributed by atoms with Gasteiger partial charge >= 0.3 is 6.18 Å². The molecule has 2 heterocycles. The van der Waals surface area contributed by atoms with Crippen molar-refractivity contribution in [2.75, 3.05) is 44.2 Å². The van der Waals surface area contributed by atoms with Gasteiger partial charge in [-0.3, -0.25) is 9.59 Å². The summed E-state index contributed by atoms with van der Waals surface area (Å²) in [6, 6.07) is 6.73. The van der Waals surface area contributed by atoms with Gasteiger partial charge in [0.25, 0.3) is 0 Å². The van der Waals surface area contributed by atoms with Crippen LogP contribution in [-0.4, -0.2) is 46.2 Å². The Bertz CT molecular complexity index is 1090. The molecular weight excluding hydrogens is 453 g/mol. The van der Waals surface area contributed by atoms with Crippen LogP contribution in [0.1, 0.15) is 24.0 Å². The minimum absolute atomic E-state index is 0.00195. The average molecular weight is 478 g/mol. The number of ether oxygens (including phenoxy) is 3. The highest BCUT2D eigenvalue weighted by Crippen LogP contribution is 2.43. The number of amides is 2. The summed E-state index contributed by atoms with van der Waals surface area (Å²) in [5.74, 6) is 0.00647. The van der Waals surface area contributed by atoms with Gasteiger partial charge in [-0.25, -0.2) is 0 Å². The van der Waals surface area contributed by atoms with E-state index < -0.39 is 17.7 Å². The highest BCUT2D eigenvalue weighted by atomic mass is 19.4. The summed E-state index contributed by atoms with van der Waals surface area (Å²) in [4.78, 5) is 29.2. The predicted octanol–water partition coefficient (Wildman–Crippen LogP) is 4.06. The third-order valence-electron chi connectivity index (χ3n) is 6.23. The lowest BCUT2D eigenvalue weighted by Crippen LogP contribution is -2.40. The van der Waals surface area contributed by atoms with Crippen molar-refractivity contribution in [1.82, 2.24) is 0 Å². The number of benzene rings is 2. The van der Waals surface area contributed by atoms with E-state index in [2.05, 4.69) is 0 Å². The minimum atomic E-state index is -4.44. The molecule has 2 amide bonds. The Balaban J connectivity index is 1.58. The fourth-order valence-corrected chi connectivity index (χ4v) is 4.57. The highest BCUT2D eigenvalue weighted by molar-refractivity contribution is 6.05. The van der Waals surface area contributed by atoms with Crippen LogP contribution in [0.5, 0.6) is 17.2 Å². The van der Waals surface area contributed by atoms with E-state index in [-0.39, 0.29) is 24.8 Å². The van der Waals surface area contributed by atoms with Crippen LogP contribution in [0.3, 0.4) is 0 Å². The first-order valence-corrected chi connectivity index (χ1v) is 10.8. The molecule has 182 valence electrons. The molecule has 0 aliphatic carbocycles. The van der Waals surface area contributed by atoms with Gasteiger partial charge < -0.3 is 24.0 Å². The fraction of sp³-hybridized carbons (Fsp3) is 0.417. The third kappa shape index (κ3) is 4.24. The number of aryl methyl sites for hydroxylation is 1. The lowest BCUT2D eigenvalue weighted by atomic mass is 9.97. The quantitative estimate of drug-likeness (QED) is 0.648. The Hall–Kier alpha value is -3.43. The number of rotatable bonds is 5. The molecule has 0 aromatic heterocycles. The molecule has 2 aliphatic heterocycles. The third-order valence-corrected chi connectivity index (χ3v) is 6.23. The largest absolute Gasteiger partial charge is 0.493 e. The monoisotopic (exact) mass is 478 g/mol. The van der Waals surface area contributed by atoms with Crippen LogP contribution in [0.4, 0.5) is 24.5 Å². The van der Waals surface area contributed by atoms with Gasteiger partial charge in [-0.2, -0.15) is 13.2 Å². The molecule has 0 spiro atoms. The van der Waals surface area contributed by atoms with E-state index in [0.29, 0.717) is 53.6 Å². The van der Waals surface area contributed by atoms with Crippen molar-refractivity contribution >= 4 is 23.2 Å². The van der Waals surface area contributed by atoms with Crippen LogP contribution in [0.15, 0.2) is 30.3 Å². The maximum Gasteiger partial charge on any atom is 0.416 e. The molecule has 2 aromatic carbocycles. The zero-order valence-corrected chi connectivity index (χ0v) is 19.1. The van der Waals surface area contributed by atoms with Crippen LogP contribution in [-0.2, 0) is 22.2 Å². The van der Waals surface area contributed by atoms with Crippen molar-refractivity contribution in [3.05, 3.63) is 41.5 Å². The van der Waals surface area contributed by atoms with E-state index in [9.17, 15) is 22.8 Å². The summed E-state index contributed by atoms with van der Waals surface area (Å²) < 4.78 is 55.4. The van der Waals surface area contributed by atoms with Crippen molar-refractivity contribution in [2.24, 2.45) is 5.92 Å². The smallest absolute Gasteiger partial charge is 0.416 e. The Labute approximate surface area is 195 Å². The lowest BCUT2D eigenvalue weighted by molar-refractivity contribution is -0.137. The predicted molar refractivity (Wildman–Crippen MR) is 119 cm³/mol. The zero-order chi connectivity index (χ0) is 24.6. The first-order chi connectivity index (χ1) is 16.2. The van der Waals surface area contributed by atoms with Gasteiger partial charge in [0.05, 0.1) is 38.5 Å². The van der Waals surface area contributed by atoms with E-state index in [0.717, 1.165) is 12.1 Å². The molecule has 4 rings (SSSR count). The Morgan fingerprint density at radius 1 is 1.03 bits per heavy atom. The molecule has 1 saturated heterocycles. The van der Waals surface area contributed by atoms with E-state index >= 15 is 0 Å². The van der Waals surface area contributed by atoms with Crippen LogP contribution in [0.25, 0.3) is 0 Å². The summed E-state index contributed by atoms with van der Waals surface area (Å²) in [7, 11) is 4.41. The number of halogens is 3. The van der Waals surface area contributed by atoms with Crippen molar-refractivity contribution in [3.8, 4) is 17.2 Å². The molecule has 0 radical (unpaired) electrons. The molecular formula is C24H25F3N2O5. The first-order valence-electron chi connectivity index (χ1n) is 10.8. The van der Waals surface area contributed by atoms with Crippen molar-refractivity contribution < 1.29 is 37.0 Å². The standard InChI is InChI=1S/C24H25F3N2O5/c1-32-19-11-17(12-20(33-2)22(19)34-3)29-13-15(10-21(29)30)23(31)28-8-4-5-14-9-16(24(25,26)27)6-7-18(14)28/h6-7,9,11-12,15H,4-5,8,10,13H2,1-3H3. The number of hydrogen-bond donors (Lipinski definition) is 0. The van der Waals surface area contributed by atoms with Crippen LogP contribution >= 0.6 is 0 Å². The normalized spacial score (nSPS) is 18.1. The summed E-state index contributed by atoms with van der Waals surface area (Å²) in [5, 5.41) is 0. The topological polar surface area (TPSA) is 68.3 Å². The van der Waals surface area contributed by atoms with Crippen LogP contribution < -0.4 is 24.0 Å². The number of alkyl halides is 3. The second-order valence-electron chi connectivity index (χ2n) is 8.22. The number of nitrogens with zero attached hydrogens (tertiary/aromatic N) is 2. The van der Waals surface area contributed by atoms with Crippen molar-refractivity contribution in [1.29, 1.82) is 0 Å². The van der Waals surface area contributed by atoms with Crippen molar-refractivity contribution in [2.45, 2.75) is 25.4 Å². The molecule has 1 fully saturated rings. The van der Waals surface area contributed by atoms with E-state index in [1.54, 1.807) is 12.1 Å². The SMILES string of the molecule is COc1cc(N2CC(C(=O)N3CCCc4cc(C(F)(F)F)ccc43)CC2=O)cc(OC)c1OC. The van der Waals surface area contributed by atoms with Crippen LogP contribution in [0, 0.1) is 5.92 Å². The maximum absolute atomic E-state index is 13.4. The van der Waals surface area contributed by atoms with E-state index in [1.165, 1.54) is 37.2 Å². The van der Waals surface area contributed by atoms with E-state index in [1.807, 2.05) is 0 Å². The molecule has 1 unspecified atom stereocenters. The minimum Gasteiger partial charge on any atom is -0.493 e. The number of fused-ring (bicyclic) bond motifs is 1. The summed E-state index contributed by atoms with van der Waals surface area (Å²) in [6.07, 6.45) is -3.43. The number of methoxy groups -OCH3 is 3. The molecule has 34 heavy (non-hydrogen) atoms. The lowest BCUT2D eigenvalue weighted by Gasteiger charge is -2.32. The zero-order valence-electron chi connectivity index (χ0n) is 19.1. The average Bonchev–Trinajstić information content (AvgIpc) is 3.22. The Morgan fingerprint density at radius 3 is 2.29 bits per heavy atom. The van der Waals surface area contributed by atoms with Gasteiger partial charge in [-0.15, -0.1) is 0 Å². The number of carbonyl (C=O) groups is 2. The second-order valence-corrected chi connectivity index (χ2v) is 8.22. The highest BCUT2D eigenvalue weighted by Gasteiger charge is 2.40. The van der Waals surface area contributed by atoms with Crippen molar-refractivity contribution in [3.63, 3.8) is 0 Å². The number of carbonyl (C=O) groups excluding carboxylic acids is 2. The molecule has 2 aromatic rings. The van der Waals surface area contributed by atoms with Gasteiger partial charge in [0.1, 0.15) is 0 Å². The van der Waals surface area contributed by atoms with Crippen LogP contribution in [0.2, 0.25) is 0 Å². The number of hydrogen-bond acceptors (Lipinski definition) is 5. The van der Waals surface area contributed by atoms with Gasteiger partial charge in [-0.05, 0) is 36.6 Å². The summed E-state index contributed by atoms with van der Waals surface area (Å²) in [5.41, 5.74) is 0.733. The molecule has 0 N–H and O–H groups in total. The molecule has 7 nitrogen and oxygen atoms in total. The number of anilines is 2. The molecule has 0 saturated carbocycles. The van der Waals surface area contributed by atoms with Gasteiger partial charge in [0.2, 0.25) is 17.6 Å². The summed E-state index contributed by atoms with van der Waals surface area (Å²) >= 11 is 0. The Morgan fingerprint density at radius 2 is 1.71 bits per heavy atom. The Kier molecular flexibility index (Phi) is 6.33. The summed E-state index contributed by atoms with van der Waals surface area (Å²) in [6.45, 7) is 0.537.